The van der Waals surface area contributed by atoms with E-state index in [4.69, 9.17) is 10.8 Å². The van der Waals surface area contributed by atoms with Crippen LogP contribution in [0.2, 0.25) is 0 Å². The number of hydrogen-bond donors (Lipinski definition) is 4. The van der Waals surface area contributed by atoms with Crippen LogP contribution in [0.3, 0.4) is 0 Å². The van der Waals surface area contributed by atoms with Crippen LogP contribution < -0.4 is 16.4 Å². The van der Waals surface area contributed by atoms with Crippen molar-refractivity contribution in [3.8, 4) is 0 Å². The van der Waals surface area contributed by atoms with Gasteiger partial charge in [-0.2, -0.15) is 11.3 Å². The van der Waals surface area contributed by atoms with Gasteiger partial charge < -0.3 is 21.5 Å². The number of nitrogens with two attached hydrogens (primary N) is 1. The third-order valence-corrected chi connectivity index (χ3v) is 3.14. The van der Waals surface area contributed by atoms with E-state index in [1.54, 1.807) is 16.8 Å². The van der Waals surface area contributed by atoms with Gasteiger partial charge in [0.1, 0.15) is 6.04 Å². The Kier molecular flexibility index (Phi) is 6.34. The first kappa shape index (κ1) is 16.6. The number of carboxylic acids is 1. The highest BCUT2D eigenvalue weighted by Crippen LogP contribution is 2.05. The van der Waals surface area contributed by atoms with Crippen LogP contribution in [0.4, 0.5) is 0 Å². The van der Waals surface area contributed by atoms with Gasteiger partial charge in [0.05, 0.1) is 6.42 Å². The summed E-state index contributed by atoms with van der Waals surface area (Å²) < 4.78 is 0. The maximum absolute atomic E-state index is 11.6. The predicted molar refractivity (Wildman–Crippen MR) is 74.6 cm³/mol. The SMILES string of the molecule is NC(=O)CC(NC(=O)CCNC(=O)c1ccsc1)C(=O)O. The molecule has 5 N–H and O–H groups in total. The minimum atomic E-state index is -1.36. The van der Waals surface area contributed by atoms with E-state index < -0.39 is 30.2 Å². The Morgan fingerprint density at radius 3 is 2.57 bits per heavy atom. The van der Waals surface area contributed by atoms with Crippen LogP contribution >= 0.6 is 11.3 Å². The average molecular weight is 313 g/mol. The van der Waals surface area contributed by atoms with E-state index in [2.05, 4.69) is 10.6 Å². The van der Waals surface area contributed by atoms with E-state index in [1.165, 1.54) is 11.3 Å². The molecule has 0 aliphatic rings. The zero-order valence-electron chi connectivity index (χ0n) is 11.0. The zero-order chi connectivity index (χ0) is 15.8. The molecule has 1 heterocycles. The number of hydrogen-bond acceptors (Lipinski definition) is 5. The highest BCUT2D eigenvalue weighted by molar-refractivity contribution is 7.08. The molecule has 1 aromatic heterocycles. The molecule has 8 nitrogen and oxygen atoms in total. The number of thiophene rings is 1. The number of primary amides is 1. The minimum Gasteiger partial charge on any atom is -0.480 e. The van der Waals surface area contributed by atoms with Gasteiger partial charge in [-0.15, -0.1) is 0 Å². The fourth-order valence-corrected chi connectivity index (χ4v) is 2.09. The van der Waals surface area contributed by atoms with Crippen LogP contribution in [0.1, 0.15) is 23.2 Å². The molecule has 9 heteroatoms. The first-order valence-electron chi connectivity index (χ1n) is 6.01. The lowest BCUT2D eigenvalue weighted by Crippen LogP contribution is -2.44. The van der Waals surface area contributed by atoms with E-state index >= 15 is 0 Å². The number of amides is 3. The van der Waals surface area contributed by atoms with Crippen molar-refractivity contribution in [1.82, 2.24) is 10.6 Å². The fraction of sp³-hybridized carbons (Fsp3) is 0.333. The lowest BCUT2D eigenvalue weighted by Gasteiger charge is -2.12. The molecule has 0 radical (unpaired) electrons. The molecule has 0 aromatic carbocycles. The van der Waals surface area contributed by atoms with Crippen molar-refractivity contribution in [2.24, 2.45) is 5.73 Å². The Morgan fingerprint density at radius 1 is 1.33 bits per heavy atom. The van der Waals surface area contributed by atoms with Gasteiger partial charge in [0.25, 0.3) is 5.91 Å². The lowest BCUT2D eigenvalue weighted by molar-refractivity contribution is -0.143. The molecule has 1 atom stereocenters. The zero-order valence-corrected chi connectivity index (χ0v) is 11.8. The number of nitrogens with one attached hydrogen (secondary N) is 2. The first-order chi connectivity index (χ1) is 9.90. The number of aliphatic carboxylic acids is 1. The highest BCUT2D eigenvalue weighted by Gasteiger charge is 2.21. The van der Waals surface area contributed by atoms with Gasteiger partial charge >= 0.3 is 5.97 Å². The van der Waals surface area contributed by atoms with Gasteiger partial charge in [0.15, 0.2) is 0 Å². The molecule has 21 heavy (non-hydrogen) atoms. The summed E-state index contributed by atoms with van der Waals surface area (Å²) in [5.74, 6) is -3.07. The summed E-state index contributed by atoms with van der Waals surface area (Å²) in [5, 5.41) is 16.9. The largest absolute Gasteiger partial charge is 0.480 e. The predicted octanol–water partition coefficient (Wildman–Crippen LogP) is -0.687. The van der Waals surface area contributed by atoms with E-state index in [0.717, 1.165) is 0 Å². The van der Waals surface area contributed by atoms with Crippen molar-refractivity contribution in [3.63, 3.8) is 0 Å². The van der Waals surface area contributed by atoms with Crippen LogP contribution in [0.25, 0.3) is 0 Å². The average Bonchev–Trinajstić information content (AvgIpc) is 2.91. The summed E-state index contributed by atoms with van der Waals surface area (Å²) in [6.07, 6.45) is -0.583. The number of carboxylic acid groups (broad SMARTS) is 1. The van der Waals surface area contributed by atoms with Crippen LogP contribution in [-0.2, 0) is 14.4 Å². The maximum Gasteiger partial charge on any atom is 0.326 e. The third kappa shape index (κ3) is 6.04. The molecule has 1 unspecified atom stereocenters. The van der Waals surface area contributed by atoms with Gasteiger partial charge in [-0.05, 0) is 11.4 Å². The van der Waals surface area contributed by atoms with Crippen molar-refractivity contribution >= 4 is 35.0 Å². The molecule has 3 amide bonds. The molecule has 114 valence electrons. The van der Waals surface area contributed by atoms with Crippen molar-refractivity contribution < 1.29 is 24.3 Å². The fourth-order valence-electron chi connectivity index (χ4n) is 1.45. The molecule has 0 saturated heterocycles. The molecular formula is C12H15N3O5S. The quantitative estimate of drug-likeness (QED) is 0.503. The summed E-state index contributed by atoms with van der Waals surface area (Å²) in [5.41, 5.74) is 5.39. The number of rotatable bonds is 8. The van der Waals surface area contributed by atoms with E-state index in [1.807, 2.05) is 0 Å². The topological polar surface area (TPSA) is 139 Å². The first-order valence-corrected chi connectivity index (χ1v) is 6.95. The second kappa shape index (κ2) is 8.00. The normalized spacial score (nSPS) is 11.4. The van der Waals surface area contributed by atoms with Crippen LogP contribution in [-0.4, -0.2) is 41.4 Å². The van der Waals surface area contributed by atoms with Crippen LogP contribution in [0, 0.1) is 0 Å². The van der Waals surface area contributed by atoms with Crippen molar-refractivity contribution in [1.29, 1.82) is 0 Å². The van der Waals surface area contributed by atoms with Crippen LogP contribution in [0.5, 0.6) is 0 Å². The molecule has 0 aliphatic heterocycles. The van der Waals surface area contributed by atoms with Gasteiger partial charge in [0, 0.05) is 23.9 Å². The second-order valence-electron chi connectivity index (χ2n) is 4.15. The second-order valence-corrected chi connectivity index (χ2v) is 4.93. The monoisotopic (exact) mass is 313 g/mol. The molecule has 0 fully saturated rings. The highest BCUT2D eigenvalue weighted by atomic mass is 32.1. The van der Waals surface area contributed by atoms with Gasteiger partial charge in [-0.25, -0.2) is 4.79 Å². The molecule has 1 rings (SSSR count). The number of carbonyl (C=O) groups is 4. The maximum atomic E-state index is 11.6. The molecule has 0 saturated carbocycles. The Balaban J connectivity index is 2.34. The summed E-state index contributed by atoms with van der Waals surface area (Å²) >= 11 is 1.38. The molecule has 0 aliphatic carbocycles. The third-order valence-electron chi connectivity index (χ3n) is 2.46. The summed E-state index contributed by atoms with van der Waals surface area (Å²) in [6, 6.07) is 0.287. The molecular weight excluding hydrogens is 298 g/mol. The Bertz CT molecular complexity index is 529. The van der Waals surface area contributed by atoms with E-state index in [0.29, 0.717) is 5.56 Å². The summed E-state index contributed by atoms with van der Waals surface area (Å²) in [6.45, 7) is 0.0590. The smallest absolute Gasteiger partial charge is 0.326 e. The summed E-state index contributed by atoms with van der Waals surface area (Å²) in [7, 11) is 0. The van der Waals surface area contributed by atoms with Gasteiger partial charge in [0.2, 0.25) is 11.8 Å². The number of carbonyl (C=O) groups excluding carboxylic acids is 3. The van der Waals surface area contributed by atoms with Gasteiger partial charge in [-0.1, -0.05) is 0 Å². The standard InChI is InChI=1S/C12H15N3O5S/c13-9(16)5-8(12(19)20)15-10(17)1-3-14-11(18)7-2-4-21-6-7/h2,4,6,8H,1,3,5H2,(H2,13,16)(H,14,18)(H,15,17)(H,19,20). The Labute approximate surface area is 124 Å². The van der Waals surface area contributed by atoms with Crippen LogP contribution in [0.15, 0.2) is 16.8 Å². The Hall–Kier alpha value is -2.42. The minimum absolute atomic E-state index is 0.0590. The molecule has 0 spiro atoms. The van der Waals surface area contributed by atoms with Crippen molar-refractivity contribution in [2.75, 3.05) is 6.54 Å². The molecule has 1 aromatic rings. The lowest BCUT2D eigenvalue weighted by atomic mass is 10.2. The van der Waals surface area contributed by atoms with Crippen molar-refractivity contribution in [3.05, 3.63) is 22.4 Å². The Morgan fingerprint density at radius 2 is 2.05 bits per heavy atom. The summed E-state index contributed by atoms with van der Waals surface area (Å²) in [4.78, 5) is 44.6. The van der Waals surface area contributed by atoms with E-state index in [9.17, 15) is 19.2 Å². The van der Waals surface area contributed by atoms with Gasteiger partial charge in [-0.3, -0.25) is 14.4 Å². The molecule has 0 bridgehead atoms. The van der Waals surface area contributed by atoms with Crippen molar-refractivity contribution in [2.45, 2.75) is 18.9 Å². The van der Waals surface area contributed by atoms with E-state index in [-0.39, 0.29) is 18.9 Å².